The van der Waals surface area contributed by atoms with E-state index >= 15 is 0 Å². The summed E-state index contributed by atoms with van der Waals surface area (Å²) in [6, 6.07) is 5.46. The molecular weight excluding hydrogens is 245 g/mol. The first kappa shape index (κ1) is 12.2. The van der Waals surface area contributed by atoms with Gasteiger partial charge in [-0.15, -0.1) is 0 Å². The van der Waals surface area contributed by atoms with Crippen LogP contribution in [-0.4, -0.2) is 17.0 Å². The van der Waals surface area contributed by atoms with Crippen molar-refractivity contribution in [2.45, 2.75) is 31.2 Å². The summed E-state index contributed by atoms with van der Waals surface area (Å²) in [4.78, 5) is 0. The molecule has 2 unspecified atom stereocenters. The Morgan fingerprint density at radius 1 is 1.56 bits per heavy atom. The van der Waals surface area contributed by atoms with Crippen molar-refractivity contribution < 1.29 is 4.39 Å². The molecule has 2 rings (SSSR count). The van der Waals surface area contributed by atoms with Crippen molar-refractivity contribution in [1.29, 1.82) is 0 Å². The van der Waals surface area contributed by atoms with E-state index in [0.717, 1.165) is 23.1 Å². The fourth-order valence-corrected chi connectivity index (χ4v) is 3.26. The van der Waals surface area contributed by atoms with Crippen molar-refractivity contribution in [3.63, 3.8) is 0 Å². The van der Waals surface area contributed by atoms with Crippen LogP contribution >= 0.6 is 23.4 Å². The summed E-state index contributed by atoms with van der Waals surface area (Å²) in [6.07, 6.45) is 1.21. The molecule has 88 valence electrons. The van der Waals surface area contributed by atoms with E-state index in [2.05, 4.69) is 12.2 Å². The minimum atomic E-state index is -0.351. The molecule has 0 aromatic heterocycles. The van der Waals surface area contributed by atoms with Gasteiger partial charge in [0.1, 0.15) is 5.82 Å². The van der Waals surface area contributed by atoms with Crippen LogP contribution in [0.5, 0.6) is 0 Å². The lowest BCUT2D eigenvalue weighted by molar-refractivity contribution is 0.538. The molecule has 16 heavy (non-hydrogen) atoms. The van der Waals surface area contributed by atoms with Gasteiger partial charge >= 0.3 is 0 Å². The molecule has 1 aliphatic heterocycles. The zero-order chi connectivity index (χ0) is 11.5. The van der Waals surface area contributed by atoms with Crippen LogP contribution in [0.3, 0.4) is 0 Å². The molecule has 0 bridgehead atoms. The lowest BCUT2D eigenvalue weighted by atomic mass is 10.1. The Bertz CT molecular complexity index is 372. The Kier molecular flexibility index (Phi) is 4.11. The van der Waals surface area contributed by atoms with Crippen LogP contribution in [0.25, 0.3) is 0 Å². The van der Waals surface area contributed by atoms with Crippen molar-refractivity contribution >= 4 is 23.4 Å². The molecule has 0 saturated carbocycles. The van der Waals surface area contributed by atoms with Gasteiger partial charge in [-0.05, 0) is 24.1 Å². The van der Waals surface area contributed by atoms with Crippen molar-refractivity contribution in [3.05, 3.63) is 34.6 Å². The summed E-state index contributed by atoms with van der Waals surface area (Å²) < 4.78 is 12.9. The number of rotatable bonds is 3. The predicted molar refractivity (Wildman–Crippen MR) is 68.6 cm³/mol. The van der Waals surface area contributed by atoms with Crippen molar-refractivity contribution in [3.8, 4) is 0 Å². The van der Waals surface area contributed by atoms with Crippen LogP contribution < -0.4 is 5.32 Å². The Morgan fingerprint density at radius 3 is 3.00 bits per heavy atom. The van der Waals surface area contributed by atoms with E-state index in [1.165, 1.54) is 12.5 Å². The van der Waals surface area contributed by atoms with Crippen LogP contribution in [0.1, 0.15) is 18.9 Å². The number of hydrogen-bond acceptors (Lipinski definition) is 2. The summed E-state index contributed by atoms with van der Waals surface area (Å²) in [7, 11) is 0. The molecule has 0 spiro atoms. The first-order chi connectivity index (χ1) is 7.65. The van der Waals surface area contributed by atoms with Gasteiger partial charge in [-0.2, -0.15) is 11.8 Å². The normalized spacial score (nSPS) is 24.9. The summed E-state index contributed by atoms with van der Waals surface area (Å²) in [5.41, 5.74) is 1.04. The molecular formula is C12H15ClFNS. The smallest absolute Gasteiger partial charge is 0.141 e. The highest BCUT2D eigenvalue weighted by Gasteiger charge is 2.20. The highest BCUT2D eigenvalue weighted by Crippen LogP contribution is 2.26. The highest BCUT2D eigenvalue weighted by atomic mass is 35.5. The van der Waals surface area contributed by atoms with Crippen LogP contribution in [-0.2, 0) is 6.54 Å². The Balaban J connectivity index is 1.87. The fraction of sp³-hybridized carbons (Fsp3) is 0.500. The van der Waals surface area contributed by atoms with Crippen LogP contribution in [0, 0.1) is 5.82 Å². The molecule has 0 amide bonds. The van der Waals surface area contributed by atoms with Crippen molar-refractivity contribution in [2.75, 3.05) is 5.75 Å². The van der Waals surface area contributed by atoms with Gasteiger partial charge in [0.25, 0.3) is 0 Å². The average molecular weight is 260 g/mol. The number of nitrogens with one attached hydrogen (secondary N) is 1. The third-order valence-electron chi connectivity index (χ3n) is 2.78. The van der Waals surface area contributed by atoms with Crippen LogP contribution in [0.15, 0.2) is 18.2 Å². The maximum absolute atomic E-state index is 12.9. The lowest BCUT2D eigenvalue weighted by Crippen LogP contribution is -2.28. The van der Waals surface area contributed by atoms with Gasteiger partial charge < -0.3 is 5.32 Å². The quantitative estimate of drug-likeness (QED) is 0.892. The van der Waals surface area contributed by atoms with Gasteiger partial charge in [0.2, 0.25) is 0 Å². The summed E-state index contributed by atoms with van der Waals surface area (Å²) in [5.74, 6) is 0.811. The van der Waals surface area contributed by atoms with Crippen molar-refractivity contribution in [2.24, 2.45) is 0 Å². The van der Waals surface area contributed by atoms with Crippen molar-refractivity contribution in [1.82, 2.24) is 5.32 Å². The fourth-order valence-electron chi connectivity index (χ4n) is 1.87. The second-order valence-corrected chi connectivity index (χ2v) is 6.08. The molecule has 0 radical (unpaired) electrons. The monoisotopic (exact) mass is 259 g/mol. The maximum Gasteiger partial charge on any atom is 0.141 e. The molecule has 1 saturated heterocycles. The molecule has 2 atom stereocenters. The molecule has 1 N–H and O–H groups in total. The summed E-state index contributed by atoms with van der Waals surface area (Å²) in [6.45, 7) is 3.01. The molecule has 1 aliphatic rings. The maximum atomic E-state index is 12.9. The van der Waals surface area contributed by atoms with E-state index in [-0.39, 0.29) is 10.8 Å². The zero-order valence-electron chi connectivity index (χ0n) is 9.17. The van der Waals surface area contributed by atoms with E-state index in [9.17, 15) is 4.39 Å². The second kappa shape index (κ2) is 5.39. The second-order valence-electron chi connectivity index (χ2n) is 4.21. The number of halogens is 2. The van der Waals surface area contributed by atoms with Crippen LogP contribution in [0.4, 0.5) is 4.39 Å². The number of thioether (sulfide) groups is 1. The van der Waals surface area contributed by atoms with E-state index in [0.29, 0.717) is 6.04 Å². The Labute approximate surface area is 105 Å². The van der Waals surface area contributed by atoms with E-state index < -0.39 is 0 Å². The minimum absolute atomic E-state index is 0.202. The van der Waals surface area contributed by atoms with Gasteiger partial charge in [-0.1, -0.05) is 24.6 Å². The third-order valence-corrected chi connectivity index (χ3v) is 4.42. The van der Waals surface area contributed by atoms with E-state index in [1.54, 1.807) is 12.1 Å². The van der Waals surface area contributed by atoms with Gasteiger partial charge in [-0.3, -0.25) is 0 Å². The number of hydrogen-bond donors (Lipinski definition) is 1. The standard InChI is InChI=1S/C12H15ClFNS/c1-8-4-10(7-16-8)15-6-9-2-3-12(14)11(13)5-9/h2-3,5,8,10,15H,4,6-7H2,1H3. The first-order valence-corrected chi connectivity index (χ1v) is 6.86. The Morgan fingerprint density at radius 2 is 2.38 bits per heavy atom. The highest BCUT2D eigenvalue weighted by molar-refractivity contribution is 8.00. The molecule has 1 aromatic carbocycles. The largest absolute Gasteiger partial charge is 0.309 e. The predicted octanol–water partition coefficient (Wildman–Crippen LogP) is 3.46. The summed E-state index contributed by atoms with van der Waals surface area (Å²) >= 11 is 7.72. The molecule has 0 aliphatic carbocycles. The van der Waals surface area contributed by atoms with Gasteiger partial charge in [0.15, 0.2) is 0 Å². The van der Waals surface area contributed by atoms with E-state index in [1.807, 2.05) is 11.8 Å². The molecule has 1 fully saturated rings. The average Bonchev–Trinajstić information content (AvgIpc) is 2.66. The first-order valence-electron chi connectivity index (χ1n) is 5.44. The Hall–Kier alpha value is -0.250. The van der Waals surface area contributed by atoms with Gasteiger partial charge in [-0.25, -0.2) is 4.39 Å². The van der Waals surface area contributed by atoms with Gasteiger partial charge in [0.05, 0.1) is 5.02 Å². The number of benzene rings is 1. The summed E-state index contributed by atoms with van der Waals surface area (Å²) in [5, 5.41) is 4.42. The SMILES string of the molecule is CC1CC(NCc2ccc(F)c(Cl)c2)CS1. The lowest BCUT2D eigenvalue weighted by Gasteiger charge is -2.11. The van der Waals surface area contributed by atoms with Gasteiger partial charge in [0, 0.05) is 23.6 Å². The molecule has 1 nitrogen and oxygen atoms in total. The minimum Gasteiger partial charge on any atom is -0.309 e. The molecule has 4 heteroatoms. The topological polar surface area (TPSA) is 12.0 Å². The zero-order valence-corrected chi connectivity index (χ0v) is 10.7. The molecule has 1 aromatic rings. The molecule has 1 heterocycles. The van der Waals surface area contributed by atoms with E-state index in [4.69, 9.17) is 11.6 Å². The van der Waals surface area contributed by atoms with Crippen LogP contribution in [0.2, 0.25) is 5.02 Å². The third kappa shape index (κ3) is 3.12.